The lowest BCUT2D eigenvalue weighted by atomic mass is 10.1. The van der Waals surface area contributed by atoms with Crippen LogP contribution in [0.4, 0.5) is 32.0 Å². The number of carbonyl (C=O) groups is 1. The molecular formula is C23H16ClF6N5OS. The van der Waals surface area contributed by atoms with Crippen LogP contribution in [-0.4, -0.2) is 51.6 Å². The standard InChI is InChI=1S/C23H16ClF6N5OS/c24-19-5-4-17(37-19)15-11-18(23(28,29)30)35-20(31-15)12-16(32-35)21(36)34-8-6-33(7-9-34)14-3-1-2-13(10-14)22(25,26)27/h1-5,10-12H,6-9H2. The van der Waals surface area contributed by atoms with Gasteiger partial charge in [0.05, 0.1) is 20.5 Å². The van der Waals surface area contributed by atoms with Gasteiger partial charge >= 0.3 is 12.4 Å². The van der Waals surface area contributed by atoms with Crippen LogP contribution in [0.25, 0.3) is 16.2 Å². The molecule has 1 saturated heterocycles. The van der Waals surface area contributed by atoms with Gasteiger partial charge in [0.1, 0.15) is 0 Å². The predicted molar refractivity (Wildman–Crippen MR) is 126 cm³/mol. The van der Waals surface area contributed by atoms with Crippen LogP contribution >= 0.6 is 22.9 Å². The zero-order valence-electron chi connectivity index (χ0n) is 18.6. The van der Waals surface area contributed by atoms with Crippen molar-refractivity contribution < 1.29 is 31.1 Å². The first-order chi connectivity index (χ1) is 17.4. The highest BCUT2D eigenvalue weighted by Gasteiger charge is 2.36. The maximum atomic E-state index is 13.8. The predicted octanol–water partition coefficient (Wildman–Crippen LogP) is 6.11. The van der Waals surface area contributed by atoms with E-state index in [-0.39, 0.29) is 43.2 Å². The molecule has 0 aliphatic carbocycles. The van der Waals surface area contributed by atoms with Gasteiger partial charge in [0, 0.05) is 37.9 Å². The molecule has 1 fully saturated rings. The number of rotatable bonds is 3. The number of hydrogen-bond donors (Lipinski definition) is 0. The van der Waals surface area contributed by atoms with Crippen molar-refractivity contribution >= 4 is 40.2 Å². The Labute approximate surface area is 214 Å². The van der Waals surface area contributed by atoms with Gasteiger partial charge in [-0.1, -0.05) is 17.7 Å². The summed E-state index contributed by atoms with van der Waals surface area (Å²) in [7, 11) is 0. The number of alkyl halides is 6. The third-order valence-corrected chi connectivity index (χ3v) is 7.12. The molecule has 4 aromatic rings. The van der Waals surface area contributed by atoms with E-state index in [9.17, 15) is 31.1 Å². The minimum Gasteiger partial charge on any atom is -0.368 e. The number of thiophene rings is 1. The number of hydrogen-bond acceptors (Lipinski definition) is 5. The van der Waals surface area contributed by atoms with E-state index in [4.69, 9.17) is 11.6 Å². The third-order valence-electron chi connectivity index (χ3n) is 5.87. The molecule has 0 spiro atoms. The topological polar surface area (TPSA) is 53.7 Å². The van der Waals surface area contributed by atoms with Gasteiger partial charge in [-0.25, -0.2) is 9.50 Å². The molecule has 1 aromatic carbocycles. The average Bonchev–Trinajstić information content (AvgIpc) is 3.48. The van der Waals surface area contributed by atoms with Crippen LogP contribution in [0.15, 0.2) is 48.5 Å². The number of aromatic nitrogens is 3. The van der Waals surface area contributed by atoms with Gasteiger partial charge in [0.25, 0.3) is 5.91 Å². The molecule has 0 unspecified atom stereocenters. The van der Waals surface area contributed by atoms with Crippen LogP contribution in [0.5, 0.6) is 0 Å². The number of anilines is 1. The van der Waals surface area contributed by atoms with E-state index in [0.717, 1.165) is 29.5 Å². The zero-order valence-corrected chi connectivity index (χ0v) is 20.2. The van der Waals surface area contributed by atoms with Gasteiger partial charge in [-0.15, -0.1) is 11.3 Å². The summed E-state index contributed by atoms with van der Waals surface area (Å²) >= 11 is 6.98. The molecule has 3 aromatic heterocycles. The van der Waals surface area contributed by atoms with Crippen molar-refractivity contribution in [2.45, 2.75) is 12.4 Å². The Morgan fingerprint density at radius 1 is 0.919 bits per heavy atom. The van der Waals surface area contributed by atoms with E-state index in [1.54, 1.807) is 23.1 Å². The number of halogens is 7. The first-order valence-electron chi connectivity index (χ1n) is 10.9. The summed E-state index contributed by atoms with van der Waals surface area (Å²) in [6.07, 6.45) is -9.24. The van der Waals surface area contributed by atoms with Crippen molar-refractivity contribution in [1.82, 2.24) is 19.5 Å². The molecular weight excluding hydrogens is 544 g/mol. The SMILES string of the molecule is O=C(c1cc2nc(-c3ccc(Cl)s3)cc(C(F)(F)F)n2n1)N1CCN(c2cccc(C(F)(F)F)c2)CC1. The summed E-state index contributed by atoms with van der Waals surface area (Å²) in [5, 5.41) is 3.89. The summed E-state index contributed by atoms with van der Waals surface area (Å²) < 4.78 is 81.5. The van der Waals surface area contributed by atoms with Crippen molar-refractivity contribution in [2.24, 2.45) is 0 Å². The molecule has 5 rings (SSSR count). The van der Waals surface area contributed by atoms with Gasteiger partial charge in [-0.05, 0) is 36.4 Å². The Morgan fingerprint density at radius 3 is 2.27 bits per heavy atom. The summed E-state index contributed by atoms with van der Waals surface area (Å²) in [5.74, 6) is -0.594. The second-order valence-corrected chi connectivity index (χ2v) is 9.97. The van der Waals surface area contributed by atoms with Gasteiger partial charge in [0.15, 0.2) is 17.0 Å². The molecule has 194 valence electrons. The van der Waals surface area contributed by atoms with Crippen molar-refractivity contribution in [3.63, 3.8) is 0 Å². The lowest BCUT2D eigenvalue weighted by Crippen LogP contribution is -2.49. The Bertz CT molecular complexity index is 1470. The minimum absolute atomic E-state index is 0.0466. The number of nitrogens with zero attached hydrogens (tertiary/aromatic N) is 5. The van der Waals surface area contributed by atoms with E-state index in [2.05, 4.69) is 10.1 Å². The monoisotopic (exact) mass is 559 g/mol. The quantitative estimate of drug-likeness (QED) is 0.284. The largest absolute Gasteiger partial charge is 0.433 e. The van der Waals surface area contributed by atoms with Gasteiger partial charge in [0.2, 0.25) is 0 Å². The van der Waals surface area contributed by atoms with Gasteiger partial charge < -0.3 is 9.80 Å². The summed E-state index contributed by atoms with van der Waals surface area (Å²) in [6, 6.07) is 10.0. The van der Waals surface area contributed by atoms with Crippen molar-refractivity contribution in [3.05, 3.63) is 69.8 Å². The van der Waals surface area contributed by atoms with Gasteiger partial charge in [-0.3, -0.25) is 4.79 Å². The van der Waals surface area contributed by atoms with Crippen LogP contribution in [0.2, 0.25) is 4.34 Å². The normalized spacial score (nSPS) is 15.0. The molecule has 14 heteroatoms. The smallest absolute Gasteiger partial charge is 0.368 e. The fourth-order valence-corrected chi connectivity index (χ4v) is 5.07. The second kappa shape index (κ2) is 9.21. The van der Waals surface area contributed by atoms with Crippen LogP contribution in [0.1, 0.15) is 21.7 Å². The molecule has 0 atom stereocenters. The van der Waals surface area contributed by atoms with Crippen LogP contribution in [-0.2, 0) is 12.4 Å². The Kier molecular flexibility index (Phi) is 6.31. The van der Waals surface area contributed by atoms with Crippen molar-refractivity contribution in [2.75, 3.05) is 31.1 Å². The minimum atomic E-state index is -4.76. The highest BCUT2D eigenvalue weighted by atomic mass is 35.5. The fraction of sp³-hybridized carbons (Fsp3) is 0.261. The first kappa shape index (κ1) is 25.3. The van der Waals surface area contributed by atoms with E-state index in [0.29, 0.717) is 19.4 Å². The fourth-order valence-electron chi connectivity index (χ4n) is 4.07. The summed E-state index contributed by atoms with van der Waals surface area (Å²) in [4.78, 5) is 20.9. The second-order valence-electron chi connectivity index (χ2n) is 8.26. The maximum Gasteiger partial charge on any atom is 0.433 e. The lowest BCUT2D eigenvalue weighted by molar-refractivity contribution is -0.142. The first-order valence-corrected chi connectivity index (χ1v) is 12.0. The number of benzene rings is 1. The average molecular weight is 560 g/mol. The Morgan fingerprint density at radius 2 is 1.65 bits per heavy atom. The zero-order chi connectivity index (χ0) is 26.5. The molecule has 1 amide bonds. The molecule has 6 nitrogen and oxygen atoms in total. The molecule has 4 heterocycles. The van der Waals surface area contributed by atoms with Gasteiger partial charge in [-0.2, -0.15) is 31.4 Å². The van der Waals surface area contributed by atoms with E-state index in [1.807, 2.05) is 0 Å². The van der Waals surface area contributed by atoms with Crippen LogP contribution < -0.4 is 4.90 Å². The Balaban J connectivity index is 1.38. The van der Waals surface area contributed by atoms with E-state index >= 15 is 0 Å². The van der Waals surface area contributed by atoms with Crippen molar-refractivity contribution in [3.8, 4) is 10.6 Å². The lowest BCUT2D eigenvalue weighted by Gasteiger charge is -2.36. The highest BCUT2D eigenvalue weighted by molar-refractivity contribution is 7.19. The summed E-state index contributed by atoms with van der Waals surface area (Å²) in [6.45, 7) is 0.800. The number of piperazine rings is 1. The molecule has 0 radical (unpaired) electrons. The molecule has 37 heavy (non-hydrogen) atoms. The van der Waals surface area contributed by atoms with E-state index in [1.165, 1.54) is 17.0 Å². The van der Waals surface area contributed by atoms with E-state index < -0.39 is 29.5 Å². The Hall–Kier alpha value is -3.32. The molecule has 0 N–H and O–H groups in total. The third kappa shape index (κ3) is 5.10. The number of amides is 1. The number of carbonyl (C=O) groups excluding carboxylic acids is 1. The van der Waals surface area contributed by atoms with Crippen LogP contribution in [0.3, 0.4) is 0 Å². The number of fused-ring (bicyclic) bond motifs is 1. The highest BCUT2D eigenvalue weighted by Crippen LogP contribution is 2.36. The molecule has 0 saturated carbocycles. The molecule has 1 aliphatic heterocycles. The molecule has 1 aliphatic rings. The maximum absolute atomic E-state index is 13.8. The van der Waals surface area contributed by atoms with Crippen molar-refractivity contribution in [1.29, 1.82) is 0 Å². The molecule has 0 bridgehead atoms. The summed E-state index contributed by atoms with van der Waals surface area (Å²) in [5.41, 5.74) is -1.82. The van der Waals surface area contributed by atoms with Crippen LogP contribution in [0, 0.1) is 0 Å².